The lowest BCUT2D eigenvalue weighted by molar-refractivity contribution is -0.313. The first-order valence-electron chi connectivity index (χ1n) is 7.26. The van der Waals surface area contributed by atoms with Crippen LogP contribution in [0.4, 0.5) is 5.69 Å². The van der Waals surface area contributed by atoms with Gasteiger partial charge in [0.15, 0.2) is 0 Å². The van der Waals surface area contributed by atoms with Crippen molar-refractivity contribution < 1.29 is 14.7 Å². The van der Waals surface area contributed by atoms with Crippen molar-refractivity contribution in [2.24, 2.45) is 11.8 Å². The summed E-state index contributed by atoms with van der Waals surface area (Å²) >= 11 is 0. The number of benzene rings is 1. The summed E-state index contributed by atoms with van der Waals surface area (Å²) in [5.74, 6) is -2.44. The Morgan fingerprint density at radius 1 is 1.14 bits per heavy atom. The quantitative estimate of drug-likeness (QED) is 0.862. The number of carbonyl (C=O) groups is 2. The average molecular weight is 286 g/mol. The number of rotatable bonds is 4. The average Bonchev–Trinajstić information content (AvgIpc) is 2.47. The standard InChI is InChI=1S/C17H21NO3/c1-11(2)12-7-5-6-10-15(12)18-16(19)13-8-3-4-9-14(13)17(20)21/h3-7,10-11,13-14H,8-9H2,1-2H3,(H,18,19)(H,20,21)/p-1/t13-,14-/m1/s1. The summed E-state index contributed by atoms with van der Waals surface area (Å²) in [4.78, 5) is 23.6. The van der Waals surface area contributed by atoms with Crippen LogP contribution in [0, 0.1) is 11.8 Å². The summed E-state index contributed by atoms with van der Waals surface area (Å²) in [5.41, 5.74) is 1.80. The molecule has 1 aliphatic rings. The molecular weight excluding hydrogens is 266 g/mol. The van der Waals surface area contributed by atoms with E-state index in [2.05, 4.69) is 19.2 Å². The molecule has 1 aromatic rings. The van der Waals surface area contributed by atoms with E-state index in [4.69, 9.17) is 0 Å². The van der Waals surface area contributed by atoms with Gasteiger partial charge in [-0.15, -0.1) is 0 Å². The molecule has 0 unspecified atom stereocenters. The van der Waals surface area contributed by atoms with E-state index in [0.29, 0.717) is 12.8 Å². The summed E-state index contributed by atoms with van der Waals surface area (Å²) in [6.45, 7) is 4.11. The third-order valence-electron chi connectivity index (χ3n) is 3.91. The van der Waals surface area contributed by atoms with Gasteiger partial charge in [-0.1, -0.05) is 44.2 Å². The third-order valence-corrected chi connectivity index (χ3v) is 3.91. The maximum absolute atomic E-state index is 12.4. The van der Waals surface area contributed by atoms with Gasteiger partial charge in [-0.3, -0.25) is 4.79 Å². The number of carbonyl (C=O) groups excluding carboxylic acids is 2. The van der Waals surface area contributed by atoms with Crippen molar-refractivity contribution >= 4 is 17.6 Å². The van der Waals surface area contributed by atoms with E-state index in [1.165, 1.54) is 0 Å². The SMILES string of the molecule is CC(C)c1ccccc1NC(=O)[C@@H]1CC=CC[C@H]1C(=O)[O-]. The molecule has 2 rings (SSSR count). The van der Waals surface area contributed by atoms with E-state index in [-0.39, 0.29) is 11.8 Å². The molecule has 0 heterocycles. The highest BCUT2D eigenvalue weighted by Gasteiger charge is 2.30. The second-order valence-electron chi connectivity index (χ2n) is 5.71. The number of hydrogen-bond donors (Lipinski definition) is 1. The zero-order valence-electron chi connectivity index (χ0n) is 12.3. The lowest BCUT2D eigenvalue weighted by atomic mass is 9.82. The van der Waals surface area contributed by atoms with Crippen LogP contribution in [0.25, 0.3) is 0 Å². The van der Waals surface area contributed by atoms with Crippen molar-refractivity contribution in [2.75, 3.05) is 5.32 Å². The van der Waals surface area contributed by atoms with Gasteiger partial charge >= 0.3 is 0 Å². The van der Waals surface area contributed by atoms with Crippen molar-refractivity contribution in [3.05, 3.63) is 42.0 Å². The van der Waals surface area contributed by atoms with Crippen LogP contribution >= 0.6 is 0 Å². The number of nitrogens with one attached hydrogen (secondary N) is 1. The number of carboxylic acids is 1. The molecule has 0 spiro atoms. The minimum atomic E-state index is -1.16. The number of hydrogen-bond acceptors (Lipinski definition) is 3. The van der Waals surface area contributed by atoms with Gasteiger partial charge in [0.25, 0.3) is 0 Å². The van der Waals surface area contributed by atoms with Gasteiger partial charge in [-0.25, -0.2) is 0 Å². The van der Waals surface area contributed by atoms with E-state index in [0.717, 1.165) is 11.3 Å². The predicted molar refractivity (Wildman–Crippen MR) is 79.5 cm³/mol. The Morgan fingerprint density at radius 3 is 2.38 bits per heavy atom. The fraction of sp³-hybridized carbons (Fsp3) is 0.412. The maximum Gasteiger partial charge on any atom is 0.228 e. The number of carboxylic acid groups (broad SMARTS) is 1. The highest BCUT2D eigenvalue weighted by Crippen LogP contribution is 2.29. The van der Waals surface area contributed by atoms with Crippen molar-refractivity contribution in [3.63, 3.8) is 0 Å². The lowest BCUT2D eigenvalue weighted by Crippen LogP contribution is -2.41. The van der Waals surface area contributed by atoms with Crippen LogP contribution in [0.1, 0.15) is 38.2 Å². The molecule has 2 atom stereocenters. The molecule has 0 fully saturated rings. The summed E-state index contributed by atoms with van der Waals surface area (Å²) in [6, 6.07) is 7.61. The van der Waals surface area contributed by atoms with Crippen LogP contribution < -0.4 is 10.4 Å². The zero-order chi connectivity index (χ0) is 15.4. The van der Waals surface area contributed by atoms with Gasteiger partial charge < -0.3 is 15.2 Å². The zero-order valence-corrected chi connectivity index (χ0v) is 12.3. The van der Waals surface area contributed by atoms with Crippen molar-refractivity contribution in [1.29, 1.82) is 0 Å². The topological polar surface area (TPSA) is 69.2 Å². The first kappa shape index (κ1) is 15.3. The Kier molecular flexibility index (Phi) is 4.78. The summed E-state index contributed by atoms with van der Waals surface area (Å²) < 4.78 is 0. The highest BCUT2D eigenvalue weighted by molar-refractivity contribution is 5.95. The van der Waals surface area contributed by atoms with E-state index in [9.17, 15) is 14.7 Å². The van der Waals surface area contributed by atoms with Gasteiger partial charge in [0, 0.05) is 17.6 Å². The fourth-order valence-corrected chi connectivity index (χ4v) is 2.70. The molecule has 4 heteroatoms. The summed E-state index contributed by atoms with van der Waals surface area (Å²) in [6.07, 6.45) is 4.45. The normalized spacial score (nSPS) is 21.3. The molecule has 1 amide bonds. The summed E-state index contributed by atoms with van der Waals surface area (Å²) in [7, 11) is 0. The Bertz CT molecular complexity index is 563. The highest BCUT2D eigenvalue weighted by atomic mass is 16.4. The number of anilines is 1. The molecule has 0 aromatic heterocycles. The molecule has 112 valence electrons. The first-order valence-corrected chi connectivity index (χ1v) is 7.26. The number of aliphatic carboxylic acids is 1. The second kappa shape index (κ2) is 6.57. The van der Waals surface area contributed by atoms with E-state index >= 15 is 0 Å². The van der Waals surface area contributed by atoms with Crippen molar-refractivity contribution in [2.45, 2.75) is 32.6 Å². The van der Waals surface area contributed by atoms with Gasteiger partial charge in [0.05, 0.1) is 5.92 Å². The Labute approximate surface area is 124 Å². The molecule has 0 radical (unpaired) electrons. The second-order valence-corrected chi connectivity index (χ2v) is 5.71. The van der Waals surface area contributed by atoms with Crippen LogP contribution in [0.15, 0.2) is 36.4 Å². The van der Waals surface area contributed by atoms with Crippen LogP contribution in [0.3, 0.4) is 0 Å². The van der Waals surface area contributed by atoms with Crippen LogP contribution in [0.2, 0.25) is 0 Å². The Hall–Kier alpha value is -2.10. The van der Waals surface area contributed by atoms with Gasteiger partial charge in [-0.05, 0) is 30.4 Å². The molecule has 0 saturated carbocycles. The maximum atomic E-state index is 12.4. The van der Waals surface area contributed by atoms with Crippen LogP contribution in [-0.4, -0.2) is 11.9 Å². The molecule has 0 bridgehead atoms. The van der Waals surface area contributed by atoms with Gasteiger partial charge in [0.1, 0.15) is 0 Å². The minimum absolute atomic E-state index is 0.248. The molecule has 21 heavy (non-hydrogen) atoms. The molecule has 0 saturated heterocycles. The Morgan fingerprint density at radius 2 is 1.76 bits per heavy atom. The van der Waals surface area contributed by atoms with Crippen molar-refractivity contribution in [1.82, 2.24) is 0 Å². The third kappa shape index (κ3) is 3.51. The number of amides is 1. The lowest BCUT2D eigenvalue weighted by Gasteiger charge is -2.28. The van der Waals surface area contributed by atoms with Gasteiger partial charge in [-0.2, -0.15) is 0 Å². The van der Waals surface area contributed by atoms with E-state index in [1.807, 2.05) is 30.3 Å². The monoisotopic (exact) mass is 286 g/mol. The van der Waals surface area contributed by atoms with Crippen LogP contribution in [-0.2, 0) is 9.59 Å². The molecule has 1 N–H and O–H groups in total. The number of para-hydroxylation sites is 1. The minimum Gasteiger partial charge on any atom is -0.550 e. The Balaban J connectivity index is 2.18. The van der Waals surface area contributed by atoms with E-state index < -0.39 is 17.8 Å². The molecular formula is C17H20NO3-. The number of allylic oxidation sites excluding steroid dienone is 2. The van der Waals surface area contributed by atoms with Crippen LogP contribution in [0.5, 0.6) is 0 Å². The predicted octanol–water partition coefficient (Wildman–Crippen LogP) is 2.08. The molecule has 1 aliphatic carbocycles. The molecule has 0 aliphatic heterocycles. The summed E-state index contributed by atoms with van der Waals surface area (Å²) in [5, 5.41) is 14.1. The smallest absolute Gasteiger partial charge is 0.228 e. The largest absolute Gasteiger partial charge is 0.550 e. The fourth-order valence-electron chi connectivity index (χ4n) is 2.70. The van der Waals surface area contributed by atoms with Crippen molar-refractivity contribution in [3.8, 4) is 0 Å². The first-order chi connectivity index (χ1) is 10.0. The molecule has 1 aromatic carbocycles. The van der Waals surface area contributed by atoms with E-state index in [1.54, 1.807) is 6.08 Å². The molecule has 4 nitrogen and oxygen atoms in total. The van der Waals surface area contributed by atoms with Gasteiger partial charge in [0.2, 0.25) is 5.91 Å².